The highest BCUT2D eigenvalue weighted by Gasteiger charge is 2.10. The van der Waals surface area contributed by atoms with Gasteiger partial charge in [-0.05, 0) is 28.1 Å². The number of halogens is 2. The van der Waals surface area contributed by atoms with E-state index in [1.807, 2.05) is 0 Å². The molecule has 2 rings (SSSR count). The van der Waals surface area contributed by atoms with Crippen molar-refractivity contribution in [2.45, 2.75) is 0 Å². The van der Waals surface area contributed by atoms with Gasteiger partial charge in [0.2, 0.25) is 5.95 Å². The standard InChI is InChI=1S/C9H7BrClN3O2/c1-16-9(15)14-8-12-5-3-2-4(11)6(10)7(5)13-8/h2-3H,1H3,(H2,12,13,14,15). The molecule has 0 spiro atoms. The maximum atomic E-state index is 11.0. The first-order chi connectivity index (χ1) is 7.61. The Labute approximate surface area is 104 Å². The van der Waals surface area contributed by atoms with Gasteiger partial charge in [0.25, 0.3) is 0 Å². The van der Waals surface area contributed by atoms with E-state index in [1.165, 1.54) is 7.11 Å². The summed E-state index contributed by atoms with van der Waals surface area (Å²) in [5.41, 5.74) is 1.42. The molecule has 1 aromatic heterocycles. The zero-order chi connectivity index (χ0) is 11.7. The first-order valence-electron chi connectivity index (χ1n) is 4.30. The number of fused-ring (bicyclic) bond motifs is 1. The van der Waals surface area contributed by atoms with Crippen molar-refractivity contribution in [1.82, 2.24) is 9.97 Å². The van der Waals surface area contributed by atoms with Crippen molar-refractivity contribution in [1.29, 1.82) is 0 Å². The summed E-state index contributed by atoms with van der Waals surface area (Å²) in [4.78, 5) is 18.1. The highest BCUT2D eigenvalue weighted by molar-refractivity contribution is 9.10. The van der Waals surface area contributed by atoms with Crippen molar-refractivity contribution in [2.75, 3.05) is 12.4 Å². The summed E-state index contributed by atoms with van der Waals surface area (Å²) >= 11 is 9.24. The van der Waals surface area contributed by atoms with Gasteiger partial charge in [-0.2, -0.15) is 0 Å². The maximum Gasteiger partial charge on any atom is 0.413 e. The lowest BCUT2D eigenvalue weighted by molar-refractivity contribution is 0.186. The zero-order valence-corrected chi connectivity index (χ0v) is 10.5. The third-order valence-corrected chi connectivity index (χ3v) is 3.30. The SMILES string of the molecule is COC(=O)Nc1nc2c(Br)c(Cl)ccc2[nH]1. The number of methoxy groups -OCH3 is 1. The lowest BCUT2D eigenvalue weighted by atomic mass is 10.3. The summed E-state index contributed by atoms with van der Waals surface area (Å²) in [6.07, 6.45) is -0.582. The number of carbonyl (C=O) groups excluding carboxylic acids is 1. The molecule has 0 aliphatic rings. The third-order valence-electron chi connectivity index (χ3n) is 1.95. The van der Waals surface area contributed by atoms with E-state index in [0.29, 0.717) is 21.0 Å². The second-order valence-electron chi connectivity index (χ2n) is 2.96. The van der Waals surface area contributed by atoms with Gasteiger partial charge in [0.15, 0.2) is 0 Å². The Morgan fingerprint density at radius 3 is 3.06 bits per heavy atom. The number of nitrogens with one attached hydrogen (secondary N) is 2. The van der Waals surface area contributed by atoms with Crippen LogP contribution < -0.4 is 5.32 Å². The number of rotatable bonds is 1. The topological polar surface area (TPSA) is 67.0 Å². The van der Waals surface area contributed by atoms with E-state index < -0.39 is 6.09 Å². The predicted molar refractivity (Wildman–Crippen MR) is 64.8 cm³/mol. The van der Waals surface area contributed by atoms with Crippen molar-refractivity contribution in [3.8, 4) is 0 Å². The largest absolute Gasteiger partial charge is 0.453 e. The van der Waals surface area contributed by atoms with Gasteiger partial charge < -0.3 is 9.72 Å². The summed E-state index contributed by atoms with van der Waals surface area (Å²) in [6.45, 7) is 0. The second kappa shape index (κ2) is 4.31. The fourth-order valence-electron chi connectivity index (χ4n) is 1.22. The first-order valence-corrected chi connectivity index (χ1v) is 5.47. The van der Waals surface area contributed by atoms with Gasteiger partial charge in [0.05, 0.1) is 22.1 Å². The number of imidazole rings is 1. The number of aromatic amines is 1. The predicted octanol–water partition coefficient (Wildman–Crippen LogP) is 3.16. The fraction of sp³-hybridized carbons (Fsp3) is 0.111. The van der Waals surface area contributed by atoms with E-state index >= 15 is 0 Å². The molecule has 0 saturated carbocycles. The van der Waals surface area contributed by atoms with Crippen LogP contribution in [0.25, 0.3) is 11.0 Å². The molecule has 0 radical (unpaired) electrons. The number of anilines is 1. The minimum Gasteiger partial charge on any atom is -0.453 e. The highest BCUT2D eigenvalue weighted by atomic mass is 79.9. The average Bonchev–Trinajstić information content (AvgIpc) is 2.67. The molecular formula is C9H7BrClN3O2. The van der Waals surface area contributed by atoms with Gasteiger partial charge in [-0.25, -0.2) is 9.78 Å². The van der Waals surface area contributed by atoms with Crippen LogP contribution in [0.5, 0.6) is 0 Å². The summed E-state index contributed by atoms with van der Waals surface area (Å²) in [6, 6.07) is 3.51. The first kappa shape index (κ1) is 11.2. The normalized spacial score (nSPS) is 10.4. The molecule has 0 aliphatic heterocycles. The van der Waals surface area contributed by atoms with Crippen LogP contribution in [0.1, 0.15) is 0 Å². The number of hydrogen-bond acceptors (Lipinski definition) is 3. The third kappa shape index (κ3) is 1.98. The van der Waals surface area contributed by atoms with Gasteiger partial charge in [-0.15, -0.1) is 0 Å². The minimum absolute atomic E-state index is 0.310. The number of ether oxygens (including phenoxy) is 1. The number of nitrogens with zero attached hydrogens (tertiary/aromatic N) is 1. The van der Waals surface area contributed by atoms with Crippen LogP contribution in [0, 0.1) is 0 Å². The second-order valence-corrected chi connectivity index (χ2v) is 4.16. The Morgan fingerprint density at radius 2 is 2.38 bits per heavy atom. The smallest absolute Gasteiger partial charge is 0.413 e. The molecule has 16 heavy (non-hydrogen) atoms. The minimum atomic E-state index is -0.582. The molecule has 0 bridgehead atoms. The number of hydrogen-bond donors (Lipinski definition) is 2. The van der Waals surface area contributed by atoms with Gasteiger partial charge in [0.1, 0.15) is 5.52 Å². The molecule has 2 N–H and O–H groups in total. The molecule has 0 atom stereocenters. The van der Waals surface area contributed by atoms with Gasteiger partial charge in [-0.3, -0.25) is 5.32 Å². The van der Waals surface area contributed by atoms with Crippen LogP contribution in [-0.4, -0.2) is 23.2 Å². The van der Waals surface area contributed by atoms with E-state index in [4.69, 9.17) is 11.6 Å². The molecule has 0 fully saturated rings. The van der Waals surface area contributed by atoms with Crippen molar-refractivity contribution in [2.24, 2.45) is 0 Å². The molecule has 84 valence electrons. The molecule has 1 heterocycles. The van der Waals surface area contributed by atoms with Crippen molar-refractivity contribution in [3.05, 3.63) is 21.6 Å². The monoisotopic (exact) mass is 303 g/mol. The van der Waals surface area contributed by atoms with Crippen LogP contribution in [-0.2, 0) is 4.74 Å². The molecule has 1 amide bonds. The van der Waals surface area contributed by atoms with Gasteiger partial charge in [-0.1, -0.05) is 11.6 Å². The van der Waals surface area contributed by atoms with Crippen molar-refractivity contribution < 1.29 is 9.53 Å². The lowest BCUT2D eigenvalue weighted by Crippen LogP contribution is -2.11. The Balaban J connectivity index is 2.44. The number of benzene rings is 1. The van der Waals surface area contributed by atoms with Gasteiger partial charge in [0, 0.05) is 0 Å². The van der Waals surface area contributed by atoms with Gasteiger partial charge >= 0.3 is 6.09 Å². The summed E-state index contributed by atoms with van der Waals surface area (Å²) in [5, 5.41) is 2.99. The molecule has 5 nitrogen and oxygen atoms in total. The summed E-state index contributed by atoms with van der Waals surface area (Å²) in [5.74, 6) is 0.310. The lowest BCUT2D eigenvalue weighted by Gasteiger charge is -1.96. The Kier molecular flexibility index (Phi) is 3.02. The molecule has 1 aromatic carbocycles. The summed E-state index contributed by atoms with van der Waals surface area (Å²) < 4.78 is 5.14. The fourth-order valence-corrected chi connectivity index (χ4v) is 1.81. The number of H-pyrrole nitrogens is 1. The van der Waals surface area contributed by atoms with Crippen LogP contribution in [0.4, 0.5) is 10.7 Å². The zero-order valence-electron chi connectivity index (χ0n) is 8.17. The van der Waals surface area contributed by atoms with E-state index in [1.54, 1.807) is 12.1 Å². The van der Waals surface area contributed by atoms with Crippen LogP contribution in [0.2, 0.25) is 5.02 Å². The van der Waals surface area contributed by atoms with Crippen LogP contribution in [0.3, 0.4) is 0 Å². The molecule has 0 aliphatic carbocycles. The van der Waals surface area contributed by atoms with Crippen LogP contribution >= 0.6 is 27.5 Å². The van der Waals surface area contributed by atoms with Crippen LogP contribution in [0.15, 0.2) is 16.6 Å². The van der Waals surface area contributed by atoms with E-state index in [0.717, 1.165) is 5.52 Å². The molecule has 2 aromatic rings. The maximum absolute atomic E-state index is 11.0. The number of amides is 1. The molecule has 0 unspecified atom stereocenters. The van der Waals surface area contributed by atoms with Crippen molar-refractivity contribution >= 4 is 50.6 Å². The summed E-state index contributed by atoms with van der Waals surface area (Å²) in [7, 11) is 1.28. The van der Waals surface area contributed by atoms with E-state index in [-0.39, 0.29) is 0 Å². The average molecular weight is 305 g/mol. The molecule has 0 saturated heterocycles. The number of aromatic nitrogens is 2. The Bertz CT molecular complexity index is 555. The molecular weight excluding hydrogens is 297 g/mol. The van der Waals surface area contributed by atoms with Crippen molar-refractivity contribution in [3.63, 3.8) is 0 Å². The molecule has 7 heteroatoms. The quantitative estimate of drug-likeness (QED) is 0.850. The Hall–Kier alpha value is -1.27. The van der Waals surface area contributed by atoms with E-state index in [9.17, 15) is 4.79 Å². The Morgan fingerprint density at radius 1 is 1.62 bits per heavy atom. The highest BCUT2D eigenvalue weighted by Crippen LogP contribution is 2.30. The van der Waals surface area contributed by atoms with E-state index in [2.05, 4.69) is 36.0 Å². The number of carbonyl (C=O) groups is 1.